The van der Waals surface area contributed by atoms with Gasteiger partial charge in [0.1, 0.15) is 5.92 Å². The van der Waals surface area contributed by atoms with Crippen molar-refractivity contribution in [2.45, 2.75) is 26.7 Å². The van der Waals surface area contributed by atoms with Crippen LogP contribution in [0.5, 0.6) is 0 Å². The summed E-state index contributed by atoms with van der Waals surface area (Å²) in [6.07, 6.45) is 0.500. The molecule has 16 heavy (non-hydrogen) atoms. The molecule has 0 aromatic carbocycles. The second-order valence-electron chi connectivity index (χ2n) is 3.64. The first kappa shape index (κ1) is 12.5. The number of carbonyl (C=O) groups is 3. The third-order valence-electron chi connectivity index (χ3n) is 2.70. The van der Waals surface area contributed by atoms with Gasteiger partial charge in [0.05, 0.1) is 0 Å². The maximum atomic E-state index is 11.6. The third kappa shape index (κ3) is 2.71. The third-order valence-corrected chi connectivity index (χ3v) is 2.70. The summed E-state index contributed by atoms with van der Waals surface area (Å²) in [5.41, 5.74) is 4.47. The van der Waals surface area contributed by atoms with E-state index in [4.69, 9.17) is 0 Å². The van der Waals surface area contributed by atoms with Crippen molar-refractivity contribution in [2.75, 3.05) is 13.1 Å². The molecule has 0 radical (unpaired) electrons. The molecule has 90 valence electrons. The van der Waals surface area contributed by atoms with Crippen LogP contribution in [0.3, 0.4) is 0 Å². The minimum atomic E-state index is -0.723. The van der Waals surface area contributed by atoms with Crippen LogP contribution in [0.2, 0.25) is 0 Å². The highest BCUT2D eigenvalue weighted by Crippen LogP contribution is 2.11. The molecule has 0 spiro atoms. The Bertz CT molecular complexity index is 284. The van der Waals surface area contributed by atoms with Crippen LogP contribution in [0.25, 0.3) is 0 Å². The molecule has 0 saturated carbocycles. The van der Waals surface area contributed by atoms with Crippen LogP contribution in [-0.4, -0.2) is 35.7 Å². The lowest BCUT2D eigenvalue weighted by atomic mass is 10.0. The van der Waals surface area contributed by atoms with Gasteiger partial charge in [0.2, 0.25) is 5.91 Å². The molecule has 1 aliphatic heterocycles. The minimum absolute atomic E-state index is 0.0162. The molecule has 3 amide bonds. The monoisotopic (exact) mass is 227 g/mol. The molecule has 1 rings (SSSR count). The summed E-state index contributed by atoms with van der Waals surface area (Å²) in [6.45, 7) is 5.10. The smallest absolute Gasteiger partial charge is 0.251 e. The van der Waals surface area contributed by atoms with Gasteiger partial charge in [-0.15, -0.1) is 0 Å². The topological polar surface area (TPSA) is 78.5 Å². The molecule has 1 saturated heterocycles. The fourth-order valence-corrected chi connectivity index (χ4v) is 1.68. The second-order valence-corrected chi connectivity index (χ2v) is 3.64. The SMILES string of the molecule is CCN(CC)C(=O)CCC1C(=O)NNC1=O. The molecule has 6 nitrogen and oxygen atoms in total. The summed E-state index contributed by atoms with van der Waals surface area (Å²) in [6, 6.07) is 0. The lowest BCUT2D eigenvalue weighted by Crippen LogP contribution is -2.31. The van der Waals surface area contributed by atoms with E-state index in [2.05, 4.69) is 10.9 Å². The Hall–Kier alpha value is -1.59. The maximum Gasteiger partial charge on any atom is 0.251 e. The first-order valence-corrected chi connectivity index (χ1v) is 5.47. The zero-order valence-electron chi connectivity index (χ0n) is 9.58. The van der Waals surface area contributed by atoms with E-state index in [1.807, 2.05) is 13.8 Å². The summed E-state index contributed by atoms with van der Waals surface area (Å²) in [5, 5.41) is 0. The predicted molar refractivity (Wildman–Crippen MR) is 56.9 cm³/mol. The van der Waals surface area contributed by atoms with Crippen molar-refractivity contribution in [3.63, 3.8) is 0 Å². The highest BCUT2D eigenvalue weighted by molar-refractivity contribution is 6.05. The molecular weight excluding hydrogens is 210 g/mol. The molecule has 1 aliphatic rings. The molecule has 6 heteroatoms. The van der Waals surface area contributed by atoms with Crippen molar-refractivity contribution >= 4 is 17.7 Å². The van der Waals surface area contributed by atoms with E-state index in [0.717, 1.165) is 0 Å². The van der Waals surface area contributed by atoms with Crippen LogP contribution >= 0.6 is 0 Å². The number of nitrogens with zero attached hydrogens (tertiary/aromatic N) is 1. The van der Waals surface area contributed by atoms with E-state index >= 15 is 0 Å². The first-order chi connectivity index (χ1) is 7.60. The molecular formula is C10H17N3O3. The quantitative estimate of drug-likeness (QED) is 0.616. The van der Waals surface area contributed by atoms with Crippen LogP contribution < -0.4 is 10.9 Å². The lowest BCUT2D eigenvalue weighted by Gasteiger charge is -2.18. The summed E-state index contributed by atoms with van der Waals surface area (Å²) in [5.74, 6) is -1.44. The van der Waals surface area contributed by atoms with Gasteiger partial charge in [0, 0.05) is 19.5 Å². The first-order valence-electron chi connectivity index (χ1n) is 5.47. The number of rotatable bonds is 5. The molecule has 2 N–H and O–H groups in total. The number of amides is 3. The Morgan fingerprint density at radius 2 is 1.69 bits per heavy atom. The van der Waals surface area contributed by atoms with Crippen LogP contribution in [0, 0.1) is 5.92 Å². The Morgan fingerprint density at radius 3 is 2.12 bits per heavy atom. The fourth-order valence-electron chi connectivity index (χ4n) is 1.68. The average Bonchev–Trinajstić information content (AvgIpc) is 2.58. The minimum Gasteiger partial charge on any atom is -0.343 e. The molecule has 1 heterocycles. The van der Waals surface area contributed by atoms with Gasteiger partial charge in [-0.2, -0.15) is 0 Å². The van der Waals surface area contributed by atoms with Gasteiger partial charge in [0.15, 0.2) is 0 Å². The summed E-state index contributed by atoms with van der Waals surface area (Å²) >= 11 is 0. The molecule has 0 bridgehead atoms. The maximum absolute atomic E-state index is 11.6. The Labute approximate surface area is 94.3 Å². The van der Waals surface area contributed by atoms with Gasteiger partial charge in [0.25, 0.3) is 11.8 Å². The van der Waals surface area contributed by atoms with Gasteiger partial charge >= 0.3 is 0 Å². The van der Waals surface area contributed by atoms with E-state index in [0.29, 0.717) is 13.1 Å². The van der Waals surface area contributed by atoms with Gasteiger partial charge in [-0.05, 0) is 20.3 Å². The highest BCUT2D eigenvalue weighted by atomic mass is 16.2. The van der Waals surface area contributed by atoms with Crippen LogP contribution in [0.1, 0.15) is 26.7 Å². The van der Waals surface area contributed by atoms with Gasteiger partial charge in [-0.25, -0.2) is 0 Å². The zero-order valence-corrected chi connectivity index (χ0v) is 9.58. The van der Waals surface area contributed by atoms with Crippen molar-refractivity contribution in [2.24, 2.45) is 5.92 Å². The van der Waals surface area contributed by atoms with Crippen molar-refractivity contribution in [1.29, 1.82) is 0 Å². The van der Waals surface area contributed by atoms with E-state index in [1.165, 1.54) is 0 Å². The number of carbonyl (C=O) groups excluding carboxylic acids is 3. The number of hydrazine groups is 1. The summed E-state index contributed by atoms with van der Waals surface area (Å²) < 4.78 is 0. The summed E-state index contributed by atoms with van der Waals surface area (Å²) in [4.78, 5) is 35.7. The van der Waals surface area contributed by atoms with Crippen molar-refractivity contribution in [3.05, 3.63) is 0 Å². The van der Waals surface area contributed by atoms with Crippen LogP contribution in [0.15, 0.2) is 0 Å². The number of hydrogen-bond donors (Lipinski definition) is 2. The van der Waals surface area contributed by atoms with E-state index in [9.17, 15) is 14.4 Å². The predicted octanol–water partition coefficient (Wildman–Crippen LogP) is -0.588. The largest absolute Gasteiger partial charge is 0.343 e. The molecule has 0 aromatic heterocycles. The van der Waals surface area contributed by atoms with Gasteiger partial charge in [-0.3, -0.25) is 25.2 Å². The lowest BCUT2D eigenvalue weighted by molar-refractivity contribution is -0.132. The Kier molecular flexibility index (Phi) is 4.28. The van der Waals surface area contributed by atoms with Crippen molar-refractivity contribution < 1.29 is 14.4 Å². The van der Waals surface area contributed by atoms with Crippen LogP contribution in [-0.2, 0) is 14.4 Å². The summed E-state index contributed by atoms with van der Waals surface area (Å²) in [7, 11) is 0. The zero-order chi connectivity index (χ0) is 12.1. The Morgan fingerprint density at radius 1 is 1.19 bits per heavy atom. The van der Waals surface area contributed by atoms with Crippen LogP contribution in [0.4, 0.5) is 0 Å². The Balaban J connectivity index is 2.42. The van der Waals surface area contributed by atoms with Crippen molar-refractivity contribution in [1.82, 2.24) is 15.8 Å². The van der Waals surface area contributed by atoms with E-state index in [-0.39, 0.29) is 30.6 Å². The number of nitrogens with one attached hydrogen (secondary N) is 2. The number of hydrogen-bond acceptors (Lipinski definition) is 3. The molecule has 0 atom stereocenters. The van der Waals surface area contributed by atoms with Gasteiger partial charge in [-0.1, -0.05) is 0 Å². The fraction of sp³-hybridized carbons (Fsp3) is 0.700. The van der Waals surface area contributed by atoms with Gasteiger partial charge < -0.3 is 4.90 Å². The van der Waals surface area contributed by atoms with Crippen molar-refractivity contribution in [3.8, 4) is 0 Å². The molecule has 0 unspecified atom stereocenters. The van der Waals surface area contributed by atoms with E-state index < -0.39 is 5.92 Å². The van der Waals surface area contributed by atoms with E-state index in [1.54, 1.807) is 4.90 Å². The average molecular weight is 227 g/mol. The molecule has 1 fully saturated rings. The molecule has 0 aromatic rings. The second kappa shape index (κ2) is 5.48. The standard InChI is InChI=1S/C10H17N3O3/c1-3-13(4-2)8(14)6-5-7-9(15)11-12-10(7)16/h7H,3-6H2,1-2H3,(H,11,15)(H,12,16). The molecule has 0 aliphatic carbocycles. The normalized spacial score (nSPS) is 15.9. The highest BCUT2D eigenvalue weighted by Gasteiger charge is 2.33.